The molecule has 2 aromatic carbocycles. The van der Waals surface area contributed by atoms with Crippen molar-refractivity contribution >= 4 is 34.2 Å². The molecular weight excluding hydrogens is 431 g/mol. The molecule has 1 N–H and O–H groups in total. The number of benzene rings is 2. The topological polar surface area (TPSA) is 50.8 Å². The first-order valence-electron chi connectivity index (χ1n) is 8.27. The zero-order chi connectivity index (χ0) is 17.5. The van der Waals surface area contributed by atoms with Gasteiger partial charge in [-0.3, -0.25) is 9.69 Å². The van der Waals surface area contributed by atoms with Gasteiger partial charge in [0.25, 0.3) is 5.91 Å². The summed E-state index contributed by atoms with van der Waals surface area (Å²) >= 11 is 2.19. The van der Waals surface area contributed by atoms with Gasteiger partial charge in [-0.15, -0.1) is 0 Å². The van der Waals surface area contributed by atoms with Gasteiger partial charge in [0, 0.05) is 25.3 Å². The molecule has 132 valence electrons. The average molecular weight is 452 g/mol. The van der Waals surface area contributed by atoms with E-state index in [9.17, 15) is 4.79 Å². The van der Waals surface area contributed by atoms with Gasteiger partial charge < -0.3 is 14.8 Å². The number of nitrogens with one attached hydrogen (secondary N) is 1. The Balaban J connectivity index is 1.47. The normalized spacial score (nSPS) is 14.9. The van der Waals surface area contributed by atoms with Gasteiger partial charge in [0.2, 0.25) is 0 Å². The molecule has 1 aliphatic rings. The minimum absolute atomic E-state index is 0.00442. The van der Waals surface area contributed by atoms with Gasteiger partial charge in [-0.25, -0.2) is 0 Å². The van der Waals surface area contributed by atoms with E-state index in [0.29, 0.717) is 0 Å². The summed E-state index contributed by atoms with van der Waals surface area (Å²) in [5.41, 5.74) is 2.01. The van der Waals surface area contributed by atoms with E-state index in [-0.39, 0.29) is 12.5 Å². The van der Waals surface area contributed by atoms with Crippen molar-refractivity contribution in [1.82, 2.24) is 4.90 Å². The Morgan fingerprint density at radius 1 is 1.12 bits per heavy atom. The highest BCUT2D eigenvalue weighted by atomic mass is 127. The van der Waals surface area contributed by atoms with Crippen molar-refractivity contribution in [3.8, 4) is 5.75 Å². The van der Waals surface area contributed by atoms with Crippen LogP contribution in [-0.4, -0.2) is 43.7 Å². The number of carbonyl (C=O) groups is 1. The van der Waals surface area contributed by atoms with Gasteiger partial charge in [0.1, 0.15) is 5.75 Å². The quantitative estimate of drug-likeness (QED) is 0.685. The lowest BCUT2D eigenvalue weighted by Gasteiger charge is -2.26. The molecule has 1 aliphatic heterocycles. The Morgan fingerprint density at radius 2 is 1.84 bits per heavy atom. The van der Waals surface area contributed by atoms with Crippen LogP contribution < -0.4 is 10.1 Å². The number of nitrogens with zero attached hydrogens (tertiary/aromatic N) is 1. The van der Waals surface area contributed by atoms with Crippen LogP contribution in [0.25, 0.3) is 0 Å². The fraction of sp³-hybridized carbons (Fsp3) is 0.316. The number of para-hydroxylation sites is 1. The molecule has 0 aromatic heterocycles. The van der Waals surface area contributed by atoms with Crippen LogP contribution in [0, 0.1) is 3.57 Å². The van der Waals surface area contributed by atoms with Crippen LogP contribution in [0.1, 0.15) is 5.56 Å². The highest BCUT2D eigenvalue weighted by Crippen LogP contribution is 2.19. The van der Waals surface area contributed by atoms with E-state index in [4.69, 9.17) is 9.47 Å². The van der Waals surface area contributed by atoms with Crippen molar-refractivity contribution in [1.29, 1.82) is 0 Å². The van der Waals surface area contributed by atoms with E-state index in [2.05, 4.69) is 32.8 Å². The Hall–Kier alpha value is -1.64. The summed E-state index contributed by atoms with van der Waals surface area (Å²) in [4.78, 5) is 14.4. The number of morpholine rings is 1. The van der Waals surface area contributed by atoms with Crippen molar-refractivity contribution in [2.45, 2.75) is 6.54 Å². The van der Waals surface area contributed by atoms with Gasteiger partial charge in [0.15, 0.2) is 6.61 Å². The number of anilines is 1. The first-order chi connectivity index (χ1) is 12.2. The minimum atomic E-state index is -0.166. The molecule has 1 fully saturated rings. The molecule has 0 radical (unpaired) electrons. The zero-order valence-corrected chi connectivity index (χ0v) is 16.1. The summed E-state index contributed by atoms with van der Waals surface area (Å²) in [6.45, 7) is 4.44. The Labute approximate surface area is 161 Å². The maximum atomic E-state index is 12.0. The van der Waals surface area contributed by atoms with Crippen molar-refractivity contribution in [3.63, 3.8) is 0 Å². The van der Waals surface area contributed by atoms with Crippen LogP contribution >= 0.6 is 22.6 Å². The smallest absolute Gasteiger partial charge is 0.262 e. The predicted octanol–water partition coefficient (Wildman–Crippen LogP) is 3.14. The molecule has 0 saturated carbocycles. The lowest BCUT2D eigenvalue weighted by atomic mass is 10.2. The average Bonchev–Trinajstić information content (AvgIpc) is 2.64. The molecule has 6 heteroatoms. The minimum Gasteiger partial charge on any atom is -0.483 e. The number of rotatable bonds is 6. The van der Waals surface area contributed by atoms with Gasteiger partial charge in [-0.1, -0.05) is 24.3 Å². The third-order valence-electron chi connectivity index (χ3n) is 3.94. The van der Waals surface area contributed by atoms with E-state index in [1.807, 2.05) is 48.5 Å². The fourth-order valence-corrected chi connectivity index (χ4v) is 3.16. The van der Waals surface area contributed by atoms with Gasteiger partial charge in [0.05, 0.1) is 16.8 Å². The van der Waals surface area contributed by atoms with E-state index < -0.39 is 0 Å². The molecule has 3 rings (SSSR count). The number of ether oxygens (including phenoxy) is 2. The van der Waals surface area contributed by atoms with Gasteiger partial charge in [-0.05, 0) is 52.4 Å². The van der Waals surface area contributed by atoms with Crippen molar-refractivity contribution < 1.29 is 14.3 Å². The second-order valence-electron chi connectivity index (χ2n) is 5.85. The maximum Gasteiger partial charge on any atom is 0.262 e. The molecule has 5 nitrogen and oxygen atoms in total. The number of amides is 1. The first kappa shape index (κ1) is 18.2. The molecule has 0 bridgehead atoms. The standard InChI is InChI=1S/C19H21IN2O3/c20-17-3-1-2-4-18(17)25-14-19(23)21-16-7-5-15(6-8-16)13-22-9-11-24-12-10-22/h1-8H,9-14H2,(H,21,23). The van der Waals surface area contributed by atoms with E-state index in [1.165, 1.54) is 5.56 Å². The molecule has 0 spiro atoms. The summed E-state index contributed by atoms with van der Waals surface area (Å²) in [6.07, 6.45) is 0. The zero-order valence-electron chi connectivity index (χ0n) is 13.9. The van der Waals surface area contributed by atoms with Crippen molar-refractivity contribution in [3.05, 3.63) is 57.7 Å². The highest BCUT2D eigenvalue weighted by molar-refractivity contribution is 14.1. The predicted molar refractivity (Wildman–Crippen MR) is 106 cm³/mol. The molecule has 1 saturated heterocycles. The van der Waals surface area contributed by atoms with Crippen molar-refractivity contribution in [2.24, 2.45) is 0 Å². The molecular formula is C19H21IN2O3. The second-order valence-corrected chi connectivity index (χ2v) is 7.01. The third kappa shape index (κ3) is 5.69. The van der Waals surface area contributed by atoms with Crippen LogP contribution in [0.3, 0.4) is 0 Å². The molecule has 1 heterocycles. The number of hydrogen-bond acceptors (Lipinski definition) is 4. The van der Waals surface area contributed by atoms with Crippen LogP contribution in [0.15, 0.2) is 48.5 Å². The highest BCUT2D eigenvalue weighted by Gasteiger charge is 2.11. The lowest BCUT2D eigenvalue weighted by molar-refractivity contribution is -0.118. The maximum absolute atomic E-state index is 12.0. The largest absolute Gasteiger partial charge is 0.483 e. The number of halogens is 1. The van der Waals surface area contributed by atoms with Crippen LogP contribution in [-0.2, 0) is 16.1 Å². The molecule has 25 heavy (non-hydrogen) atoms. The summed E-state index contributed by atoms with van der Waals surface area (Å²) in [5.74, 6) is 0.555. The van der Waals surface area contributed by atoms with E-state index in [0.717, 1.165) is 47.9 Å². The van der Waals surface area contributed by atoms with Crippen LogP contribution in [0.2, 0.25) is 0 Å². The number of carbonyl (C=O) groups excluding carboxylic acids is 1. The summed E-state index contributed by atoms with van der Waals surface area (Å²) in [7, 11) is 0. The Morgan fingerprint density at radius 3 is 2.56 bits per heavy atom. The lowest BCUT2D eigenvalue weighted by Crippen LogP contribution is -2.35. The SMILES string of the molecule is O=C(COc1ccccc1I)Nc1ccc(CN2CCOCC2)cc1. The van der Waals surface area contributed by atoms with E-state index in [1.54, 1.807) is 0 Å². The Kier molecular flexibility index (Phi) is 6.66. The van der Waals surface area contributed by atoms with Crippen molar-refractivity contribution in [2.75, 3.05) is 38.2 Å². The number of hydrogen-bond donors (Lipinski definition) is 1. The van der Waals surface area contributed by atoms with Gasteiger partial charge >= 0.3 is 0 Å². The van der Waals surface area contributed by atoms with Crippen LogP contribution in [0.4, 0.5) is 5.69 Å². The molecule has 0 atom stereocenters. The molecule has 2 aromatic rings. The second kappa shape index (κ2) is 9.17. The molecule has 0 aliphatic carbocycles. The van der Waals surface area contributed by atoms with E-state index >= 15 is 0 Å². The monoisotopic (exact) mass is 452 g/mol. The molecule has 1 amide bonds. The van der Waals surface area contributed by atoms with Gasteiger partial charge in [-0.2, -0.15) is 0 Å². The molecule has 0 unspecified atom stereocenters. The summed E-state index contributed by atoms with van der Waals surface area (Å²) < 4.78 is 11.9. The summed E-state index contributed by atoms with van der Waals surface area (Å²) in [5, 5.41) is 2.86. The first-order valence-corrected chi connectivity index (χ1v) is 9.35. The summed E-state index contributed by atoms with van der Waals surface area (Å²) in [6, 6.07) is 15.6. The Bertz CT molecular complexity index is 700. The van der Waals surface area contributed by atoms with Crippen LogP contribution in [0.5, 0.6) is 5.75 Å². The third-order valence-corrected chi connectivity index (χ3v) is 4.83. The fourth-order valence-electron chi connectivity index (χ4n) is 2.61.